The van der Waals surface area contributed by atoms with Crippen LogP contribution in [0.25, 0.3) is 0 Å². The number of anilines is 2. The minimum atomic E-state index is -4.45. The van der Waals surface area contributed by atoms with Gasteiger partial charge in [-0.1, -0.05) is 0 Å². The first-order chi connectivity index (χ1) is 8.88. The molecular formula is C12H9F3N2OS. The van der Waals surface area contributed by atoms with Crippen LogP contribution in [0.3, 0.4) is 0 Å². The third kappa shape index (κ3) is 3.05. The van der Waals surface area contributed by atoms with Crippen LogP contribution in [-0.2, 0) is 6.18 Å². The maximum Gasteiger partial charge on any atom is 0.416 e. The Morgan fingerprint density at radius 3 is 2.53 bits per heavy atom. The van der Waals surface area contributed by atoms with Gasteiger partial charge in [0.15, 0.2) is 0 Å². The topological polar surface area (TPSA) is 55.1 Å². The van der Waals surface area contributed by atoms with Gasteiger partial charge in [0.2, 0.25) is 0 Å². The van der Waals surface area contributed by atoms with Crippen molar-refractivity contribution in [3.8, 4) is 0 Å². The van der Waals surface area contributed by atoms with Gasteiger partial charge in [-0.3, -0.25) is 4.79 Å². The number of nitrogen functional groups attached to an aromatic ring is 1. The fraction of sp³-hybridized carbons (Fsp3) is 0.0833. The van der Waals surface area contributed by atoms with Crippen LogP contribution in [0.1, 0.15) is 15.9 Å². The highest BCUT2D eigenvalue weighted by Crippen LogP contribution is 2.32. The molecule has 0 aliphatic rings. The normalized spacial score (nSPS) is 11.3. The first-order valence-electron chi connectivity index (χ1n) is 5.18. The molecule has 0 aliphatic carbocycles. The zero-order valence-electron chi connectivity index (χ0n) is 9.49. The number of nitrogens with two attached hydrogens (primary N) is 1. The van der Waals surface area contributed by atoms with Crippen LogP contribution in [0.4, 0.5) is 24.5 Å². The summed E-state index contributed by atoms with van der Waals surface area (Å²) in [6.45, 7) is 0. The molecule has 100 valence electrons. The minimum absolute atomic E-state index is 0.126. The molecule has 1 amide bonds. The Morgan fingerprint density at radius 1 is 1.26 bits per heavy atom. The number of carbonyl (C=O) groups is 1. The molecule has 3 nitrogen and oxygen atoms in total. The summed E-state index contributed by atoms with van der Waals surface area (Å²) >= 11 is 1.35. The molecule has 19 heavy (non-hydrogen) atoms. The number of carbonyl (C=O) groups excluding carboxylic acids is 1. The zero-order chi connectivity index (χ0) is 14.0. The molecule has 0 fully saturated rings. The van der Waals surface area contributed by atoms with Gasteiger partial charge in [-0.05, 0) is 29.6 Å². The number of thiophene rings is 1. The van der Waals surface area contributed by atoms with Gasteiger partial charge in [0.1, 0.15) is 0 Å². The van der Waals surface area contributed by atoms with Crippen LogP contribution in [0.15, 0.2) is 35.0 Å². The first kappa shape index (κ1) is 13.4. The number of hydrogen-bond donors (Lipinski definition) is 2. The summed E-state index contributed by atoms with van der Waals surface area (Å²) in [6, 6.07) is 4.42. The Bertz CT molecular complexity index is 594. The molecule has 1 heterocycles. The molecule has 7 heteroatoms. The molecule has 1 aromatic heterocycles. The van der Waals surface area contributed by atoms with Gasteiger partial charge in [-0.2, -0.15) is 24.5 Å². The SMILES string of the molecule is Nc1cc(C(F)(F)F)ccc1NC(=O)c1ccsc1. The van der Waals surface area contributed by atoms with Crippen molar-refractivity contribution in [2.24, 2.45) is 0 Å². The minimum Gasteiger partial charge on any atom is -0.397 e. The van der Waals surface area contributed by atoms with E-state index in [2.05, 4.69) is 5.32 Å². The van der Waals surface area contributed by atoms with Gasteiger partial charge in [0.25, 0.3) is 5.91 Å². The third-order valence-electron chi connectivity index (χ3n) is 2.41. The predicted octanol–water partition coefficient (Wildman–Crippen LogP) is 3.60. The second kappa shape index (κ2) is 4.93. The van der Waals surface area contributed by atoms with Crippen LogP contribution < -0.4 is 11.1 Å². The summed E-state index contributed by atoms with van der Waals surface area (Å²) in [4.78, 5) is 11.7. The van der Waals surface area contributed by atoms with E-state index in [0.717, 1.165) is 18.2 Å². The van der Waals surface area contributed by atoms with Crippen LogP contribution in [0.5, 0.6) is 0 Å². The van der Waals surface area contributed by atoms with E-state index in [4.69, 9.17) is 5.73 Å². The Kier molecular flexibility index (Phi) is 3.48. The number of nitrogens with one attached hydrogen (secondary N) is 1. The highest BCUT2D eigenvalue weighted by atomic mass is 32.1. The number of benzene rings is 1. The highest BCUT2D eigenvalue weighted by molar-refractivity contribution is 7.08. The maximum absolute atomic E-state index is 12.4. The van der Waals surface area contributed by atoms with E-state index in [0.29, 0.717) is 5.56 Å². The summed E-state index contributed by atoms with van der Waals surface area (Å²) in [7, 11) is 0. The Balaban J connectivity index is 2.21. The average Bonchev–Trinajstić information content (AvgIpc) is 2.84. The van der Waals surface area contributed by atoms with Crippen molar-refractivity contribution in [3.63, 3.8) is 0 Å². The lowest BCUT2D eigenvalue weighted by Crippen LogP contribution is -2.13. The van der Waals surface area contributed by atoms with E-state index in [1.807, 2.05) is 0 Å². The highest BCUT2D eigenvalue weighted by Gasteiger charge is 2.30. The molecule has 0 unspecified atom stereocenters. The van der Waals surface area contributed by atoms with Crippen LogP contribution in [0, 0.1) is 0 Å². The summed E-state index contributed by atoms with van der Waals surface area (Å²) in [5, 5.41) is 5.83. The fourth-order valence-corrected chi connectivity index (χ4v) is 2.08. The van der Waals surface area contributed by atoms with Gasteiger partial charge < -0.3 is 11.1 Å². The van der Waals surface area contributed by atoms with Gasteiger partial charge in [0.05, 0.1) is 22.5 Å². The van der Waals surface area contributed by atoms with Crippen LogP contribution >= 0.6 is 11.3 Å². The number of hydrogen-bond acceptors (Lipinski definition) is 3. The van der Waals surface area contributed by atoms with E-state index in [1.54, 1.807) is 16.8 Å². The van der Waals surface area contributed by atoms with Crippen LogP contribution in [0.2, 0.25) is 0 Å². The summed E-state index contributed by atoms with van der Waals surface area (Å²) < 4.78 is 37.3. The van der Waals surface area contributed by atoms with Gasteiger partial charge >= 0.3 is 6.18 Å². The monoisotopic (exact) mass is 286 g/mol. The maximum atomic E-state index is 12.4. The van der Waals surface area contributed by atoms with Gasteiger partial charge in [-0.15, -0.1) is 0 Å². The molecule has 0 atom stereocenters. The van der Waals surface area contributed by atoms with Crippen molar-refractivity contribution >= 4 is 28.6 Å². The zero-order valence-corrected chi connectivity index (χ0v) is 10.3. The summed E-state index contributed by atoms with van der Waals surface area (Å²) in [6.07, 6.45) is -4.45. The molecular weight excluding hydrogens is 277 g/mol. The van der Waals surface area contributed by atoms with Gasteiger partial charge in [-0.25, -0.2) is 0 Å². The third-order valence-corrected chi connectivity index (χ3v) is 3.09. The number of halogens is 3. The molecule has 0 aliphatic heterocycles. The van der Waals surface area contributed by atoms with Crippen molar-refractivity contribution < 1.29 is 18.0 Å². The molecule has 1 aromatic carbocycles. The van der Waals surface area contributed by atoms with Crippen molar-refractivity contribution in [3.05, 3.63) is 46.2 Å². The molecule has 3 N–H and O–H groups in total. The van der Waals surface area contributed by atoms with Crippen molar-refractivity contribution in [1.29, 1.82) is 0 Å². The smallest absolute Gasteiger partial charge is 0.397 e. The molecule has 2 aromatic rings. The van der Waals surface area contributed by atoms with E-state index >= 15 is 0 Å². The molecule has 0 saturated heterocycles. The van der Waals surface area contributed by atoms with E-state index in [-0.39, 0.29) is 11.4 Å². The fourth-order valence-electron chi connectivity index (χ4n) is 1.44. The lowest BCUT2D eigenvalue weighted by atomic mass is 10.1. The lowest BCUT2D eigenvalue weighted by molar-refractivity contribution is -0.137. The second-order valence-corrected chi connectivity index (χ2v) is 4.55. The molecule has 0 radical (unpaired) electrons. The number of amides is 1. The molecule has 0 spiro atoms. The van der Waals surface area contributed by atoms with E-state index < -0.39 is 17.6 Å². The van der Waals surface area contributed by atoms with Crippen LogP contribution in [-0.4, -0.2) is 5.91 Å². The number of alkyl halides is 3. The Labute approximate surface area is 110 Å². The largest absolute Gasteiger partial charge is 0.416 e. The van der Waals surface area contributed by atoms with Crippen molar-refractivity contribution in [1.82, 2.24) is 0 Å². The lowest BCUT2D eigenvalue weighted by Gasteiger charge is -2.11. The molecule has 2 rings (SSSR count). The Morgan fingerprint density at radius 2 is 2.00 bits per heavy atom. The Hall–Kier alpha value is -2.02. The first-order valence-corrected chi connectivity index (χ1v) is 6.12. The summed E-state index contributed by atoms with van der Waals surface area (Å²) in [5.41, 5.74) is 5.12. The summed E-state index contributed by atoms with van der Waals surface area (Å²) in [5.74, 6) is -0.410. The van der Waals surface area contributed by atoms with E-state index in [1.165, 1.54) is 11.3 Å². The van der Waals surface area contributed by atoms with Crippen molar-refractivity contribution in [2.45, 2.75) is 6.18 Å². The quantitative estimate of drug-likeness (QED) is 0.829. The predicted molar refractivity (Wildman–Crippen MR) is 68.1 cm³/mol. The average molecular weight is 286 g/mol. The molecule has 0 saturated carbocycles. The standard InChI is InChI=1S/C12H9F3N2OS/c13-12(14,15)8-1-2-10(9(16)5-8)17-11(18)7-3-4-19-6-7/h1-6H,16H2,(H,17,18). The number of rotatable bonds is 2. The second-order valence-electron chi connectivity index (χ2n) is 3.77. The van der Waals surface area contributed by atoms with E-state index in [9.17, 15) is 18.0 Å². The van der Waals surface area contributed by atoms with Crippen molar-refractivity contribution in [2.75, 3.05) is 11.1 Å². The van der Waals surface area contributed by atoms with Gasteiger partial charge in [0, 0.05) is 5.38 Å². The molecule has 0 bridgehead atoms.